The van der Waals surface area contributed by atoms with Crippen LogP contribution in [0.4, 0.5) is 5.69 Å². The maximum Gasteiger partial charge on any atom is 0.191 e. The van der Waals surface area contributed by atoms with Crippen LogP contribution in [0, 0.1) is 6.57 Å². The zero-order valence-corrected chi connectivity index (χ0v) is 7.00. The lowest BCUT2D eigenvalue weighted by Gasteiger charge is -2.06. The highest BCUT2D eigenvalue weighted by Gasteiger charge is 2.02. The highest BCUT2D eigenvalue weighted by molar-refractivity contribution is 5.55. The van der Waals surface area contributed by atoms with Gasteiger partial charge in [-0.15, -0.1) is 0 Å². The lowest BCUT2D eigenvalue weighted by atomic mass is 10.3. The highest BCUT2D eigenvalue weighted by atomic mass is 16.5. The molecule has 0 unspecified atom stereocenters. The summed E-state index contributed by atoms with van der Waals surface area (Å²) in [5.74, 6) is 1.23. The minimum absolute atomic E-state index is 0.549. The van der Waals surface area contributed by atoms with Crippen molar-refractivity contribution in [2.45, 2.75) is 0 Å². The van der Waals surface area contributed by atoms with Crippen molar-refractivity contribution in [1.82, 2.24) is 0 Å². The van der Waals surface area contributed by atoms with Crippen LogP contribution in [0.5, 0.6) is 11.5 Å². The van der Waals surface area contributed by atoms with Gasteiger partial charge in [-0.1, -0.05) is 6.07 Å². The van der Waals surface area contributed by atoms with E-state index in [-0.39, 0.29) is 0 Å². The van der Waals surface area contributed by atoms with Crippen LogP contribution in [0.25, 0.3) is 4.85 Å². The Kier molecular flexibility index (Phi) is 2.54. The summed E-state index contributed by atoms with van der Waals surface area (Å²) in [6.45, 7) is 6.77. The van der Waals surface area contributed by atoms with Gasteiger partial charge in [-0.3, -0.25) is 0 Å². The molecule has 0 N–H and O–H groups in total. The van der Waals surface area contributed by atoms with Crippen LogP contribution >= 0.6 is 0 Å². The standard InChI is InChI=1S/C9H9NO2/c1-10-7-4-5-8(11-2)9(6-7)12-3/h4-6H,2-3H3. The number of rotatable bonds is 2. The van der Waals surface area contributed by atoms with Crippen molar-refractivity contribution in [3.63, 3.8) is 0 Å². The summed E-state index contributed by atoms with van der Waals surface area (Å²) in [5.41, 5.74) is 0.549. The van der Waals surface area contributed by atoms with Gasteiger partial charge >= 0.3 is 0 Å². The molecule has 0 aliphatic heterocycles. The summed E-state index contributed by atoms with van der Waals surface area (Å²) < 4.78 is 10.0. The first-order valence-electron chi connectivity index (χ1n) is 3.41. The molecule has 1 aromatic rings. The minimum atomic E-state index is 0.549. The van der Waals surface area contributed by atoms with Crippen molar-refractivity contribution < 1.29 is 9.47 Å². The predicted octanol–water partition coefficient (Wildman–Crippen LogP) is 2.25. The SMILES string of the molecule is [C-]#[N+]c1ccc(OC)c(OC)c1. The van der Waals surface area contributed by atoms with Crippen molar-refractivity contribution in [2.75, 3.05) is 14.2 Å². The molecule has 0 aliphatic rings. The molecular weight excluding hydrogens is 154 g/mol. The van der Waals surface area contributed by atoms with Gasteiger partial charge in [0.05, 0.1) is 20.8 Å². The average molecular weight is 163 g/mol. The molecule has 12 heavy (non-hydrogen) atoms. The van der Waals surface area contributed by atoms with E-state index >= 15 is 0 Å². The fourth-order valence-corrected chi connectivity index (χ4v) is 0.894. The smallest absolute Gasteiger partial charge is 0.191 e. The average Bonchev–Trinajstić information content (AvgIpc) is 2.16. The topological polar surface area (TPSA) is 22.8 Å². The Balaban J connectivity index is 3.13. The third kappa shape index (κ3) is 1.48. The Labute approximate surface area is 71.4 Å². The van der Waals surface area contributed by atoms with Gasteiger partial charge in [0.1, 0.15) is 5.75 Å². The first-order valence-corrected chi connectivity index (χ1v) is 3.41. The molecule has 0 bridgehead atoms. The molecule has 0 amide bonds. The second-order valence-electron chi connectivity index (χ2n) is 2.15. The molecule has 0 saturated carbocycles. The van der Waals surface area contributed by atoms with Crippen molar-refractivity contribution in [3.05, 3.63) is 29.6 Å². The van der Waals surface area contributed by atoms with E-state index in [2.05, 4.69) is 4.85 Å². The van der Waals surface area contributed by atoms with Crippen LogP contribution < -0.4 is 9.47 Å². The van der Waals surface area contributed by atoms with E-state index in [0.29, 0.717) is 17.2 Å². The molecule has 0 saturated heterocycles. The molecule has 0 heterocycles. The van der Waals surface area contributed by atoms with Crippen molar-refractivity contribution in [2.24, 2.45) is 0 Å². The zero-order chi connectivity index (χ0) is 8.97. The van der Waals surface area contributed by atoms with E-state index in [1.807, 2.05) is 0 Å². The molecule has 1 aromatic carbocycles. The Bertz CT molecular complexity index is 315. The van der Waals surface area contributed by atoms with Gasteiger partial charge in [0.25, 0.3) is 0 Å². The first kappa shape index (κ1) is 8.41. The van der Waals surface area contributed by atoms with Gasteiger partial charge in [-0.05, 0) is 12.1 Å². The van der Waals surface area contributed by atoms with Gasteiger partial charge in [-0.2, -0.15) is 0 Å². The summed E-state index contributed by atoms with van der Waals surface area (Å²) >= 11 is 0. The molecule has 1 rings (SSSR count). The lowest BCUT2D eigenvalue weighted by molar-refractivity contribution is 0.355. The third-order valence-corrected chi connectivity index (χ3v) is 1.50. The normalized spacial score (nSPS) is 8.75. The van der Waals surface area contributed by atoms with Crippen molar-refractivity contribution >= 4 is 5.69 Å². The van der Waals surface area contributed by atoms with Gasteiger partial charge in [0.2, 0.25) is 0 Å². The highest BCUT2D eigenvalue weighted by Crippen LogP contribution is 2.30. The third-order valence-electron chi connectivity index (χ3n) is 1.50. The van der Waals surface area contributed by atoms with Gasteiger partial charge < -0.3 is 9.47 Å². The Morgan fingerprint density at radius 3 is 2.33 bits per heavy atom. The molecular formula is C9H9NO2. The van der Waals surface area contributed by atoms with E-state index in [1.54, 1.807) is 32.4 Å². The molecule has 0 aliphatic carbocycles. The zero-order valence-electron chi connectivity index (χ0n) is 7.00. The maximum atomic E-state index is 6.77. The quantitative estimate of drug-likeness (QED) is 0.624. The van der Waals surface area contributed by atoms with Gasteiger partial charge in [-0.25, -0.2) is 4.85 Å². The lowest BCUT2D eigenvalue weighted by Crippen LogP contribution is -1.88. The minimum Gasteiger partial charge on any atom is -0.494 e. The van der Waals surface area contributed by atoms with E-state index in [0.717, 1.165) is 0 Å². The number of hydrogen-bond donors (Lipinski definition) is 0. The summed E-state index contributed by atoms with van der Waals surface area (Å²) in [7, 11) is 3.11. The molecule has 62 valence electrons. The Morgan fingerprint density at radius 1 is 1.17 bits per heavy atom. The Hall–Kier alpha value is -1.69. The summed E-state index contributed by atoms with van der Waals surface area (Å²) in [6, 6.07) is 5.05. The van der Waals surface area contributed by atoms with E-state index in [9.17, 15) is 0 Å². The van der Waals surface area contributed by atoms with Crippen LogP contribution in [-0.2, 0) is 0 Å². The maximum absolute atomic E-state index is 6.77. The van der Waals surface area contributed by atoms with Crippen LogP contribution in [0.1, 0.15) is 0 Å². The van der Waals surface area contributed by atoms with Crippen molar-refractivity contribution in [1.29, 1.82) is 0 Å². The molecule has 3 nitrogen and oxygen atoms in total. The number of nitrogens with zero attached hydrogens (tertiary/aromatic N) is 1. The van der Waals surface area contributed by atoms with E-state index < -0.39 is 0 Å². The molecule has 0 radical (unpaired) electrons. The molecule has 0 aromatic heterocycles. The number of benzene rings is 1. The monoisotopic (exact) mass is 163 g/mol. The van der Waals surface area contributed by atoms with Crippen LogP contribution in [-0.4, -0.2) is 14.2 Å². The second-order valence-corrected chi connectivity index (χ2v) is 2.15. The van der Waals surface area contributed by atoms with Crippen LogP contribution in [0.3, 0.4) is 0 Å². The van der Waals surface area contributed by atoms with Gasteiger partial charge in [0.15, 0.2) is 11.4 Å². The van der Waals surface area contributed by atoms with Crippen LogP contribution in [0.2, 0.25) is 0 Å². The van der Waals surface area contributed by atoms with E-state index in [4.69, 9.17) is 16.0 Å². The largest absolute Gasteiger partial charge is 0.494 e. The molecule has 0 fully saturated rings. The van der Waals surface area contributed by atoms with Gasteiger partial charge in [0, 0.05) is 0 Å². The molecule has 3 heteroatoms. The second kappa shape index (κ2) is 3.63. The number of methoxy groups -OCH3 is 2. The fourth-order valence-electron chi connectivity index (χ4n) is 0.894. The number of hydrogen-bond acceptors (Lipinski definition) is 2. The van der Waals surface area contributed by atoms with Crippen LogP contribution in [0.15, 0.2) is 18.2 Å². The molecule has 0 spiro atoms. The molecule has 0 atom stereocenters. The Morgan fingerprint density at radius 2 is 1.83 bits per heavy atom. The number of ether oxygens (including phenoxy) is 2. The fraction of sp³-hybridized carbons (Fsp3) is 0.222. The summed E-state index contributed by atoms with van der Waals surface area (Å²) in [6.07, 6.45) is 0. The van der Waals surface area contributed by atoms with Crippen molar-refractivity contribution in [3.8, 4) is 11.5 Å². The van der Waals surface area contributed by atoms with E-state index in [1.165, 1.54) is 0 Å². The predicted molar refractivity (Wildman–Crippen MR) is 45.8 cm³/mol. The summed E-state index contributed by atoms with van der Waals surface area (Å²) in [4.78, 5) is 3.27. The summed E-state index contributed by atoms with van der Waals surface area (Å²) in [5, 5.41) is 0. The first-order chi connectivity index (χ1) is 5.81.